The third-order valence-corrected chi connectivity index (χ3v) is 20.9. The van der Waals surface area contributed by atoms with Crippen molar-refractivity contribution in [2.24, 2.45) is 0 Å². The van der Waals surface area contributed by atoms with E-state index < -0.39 is 133 Å². The van der Waals surface area contributed by atoms with Crippen LogP contribution in [0.3, 0.4) is 0 Å². The van der Waals surface area contributed by atoms with Crippen LogP contribution in [0.4, 0.5) is 0 Å². The highest BCUT2D eigenvalue weighted by atomic mass is 31.2. The number of rotatable bonds is 36. The zero-order valence-electron chi connectivity index (χ0n) is 53.9. The minimum atomic E-state index is -5.41. The second-order valence-electron chi connectivity index (χ2n) is 22.6. The molecule has 1 saturated carbocycles. The Morgan fingerprint density at radius 2 is 0.350 bits per heavy atom. The number of carbonyl (C=O) groups is 2. The average molecular weight is 1430 g/mol. The van der Waals surface area contributed by atoms with Crippen molar-refractivity contribution in [3.05, 3.63) is 359 Å². The van der Waals surface area contributed by atoms with Crippen LogP contribution in [0, 0.1) is 0 Å². The van der Waals surface area contributed by atoms with Gasteiger partial charge in [0.1, 0.15) is 24.4 Å². The highest BCUT2D eigenvalue weighted by Gasteiger charge is 2.64. The summed E-state index contributed by atoms with van der Waals surface area (Å²) in [7, 11) is -21.6. The molecule has 0 aliphatic heterocycles. The molecule has 100 heavy (non-hydrogen) atoms. The maximum absolute atomic E-state index is 16.6. The topological polar surface area (TPSA) is 232 Å². The molecule has 24 heteroatoms. The number of ether oxygens (including phenoxy) is 2. The lowest BCUT2D eigenvalue weighted by molar-refractivity contribution is -0.214. The van der Waals surface area contributed by atoms with Crippen molar-refractivity contribution in [1.29, 1.82) is 0 Å². The fourth-order valence-electron chi connectivity index (χ4n) is 10.2. The molecule has 0 saturated heterocycles. The van der Waals surface area contributed by atoms with Crippen molar-refractivity contribution in [2.75, 3.05) is 0 Å². The number of benzene rings is 10. The molecule has 0 amide bonds. The van der Waals surface area contributed by atoms with E-state index in [9.17, 15) is 0 Å². The van der Waals surface area contributed by atoms with E-state index in [2.05, 4.69) is 0 Å². The predicted octanol–water partition coefficient (Wildman–Crippen LogP) is 18.2. The molecule has 1 aliphatic carbocycles. The van der Waals surface area contributed by atoms with Gasteiger partial charge in [0.05, 0.1) is 64.0 Å². The Morgan fingerprint density at radius 1 is 0.210 bits per heavy atom. The van der Waals surface area contributed by atoms with Gasteiger partial charge in [0.25, 0.3) is 0 Å². The average Bonchev–Trinajstić information content (AvgIpc) is 0.738. The maximum Gasteiger partial charge on any atom is 0.475 e. The van der Waals surface area contributed by atoms with Gasteiger partial charge < -0.3 is 9.47 Å². The summed E-state index contributed by atoms with van der Waals surface area (Å²) < 4.78 is 158. The largest absolute Gasteiger partial charge is 0.475 e. The van der Waals surface area contributed by atoms with Crippen LogP contribution < -0.4 is 0 Å². The standard InChI is InChI=1S/C76H72O20P4/c77-75(67-47-27-9-28-48-67)91-69-70(92-76(78)68-49-29-10-30-50-68)72(94-98(80,85-53-61-35-15-3-16-36-61)86-54-62-37-17-4-18-38-62)74(96-100(82,89-57-65-43-23-7-24-44-65)90-58-66-45-25-8-26-46-66)73(95-99(81,87-55-63-39-19-5-20-40-63)88-56-64-41-21-6-22-42-64)71(69)93-97(79,83-51-59-31-11-1-12-32-59)84-52-60-33-13-2-14-34-60/h1-50,69-74H,51-58H2/t69-,70-,71-,72+,73-,74-/m0/s1. The van der Waals surface area contributed by atoms with Crippen LogP contribution in [-0.4, -0.2) is 48.6 Å². The Hall–Kier alpha value is -8.42. The lowest BCUT2D eigenvalue weighted by atomic mass is 9.84. The van der Waals surface area contributed by atoms with Gasteiger partial charge in [-0.1, -0.05) is 279 Å². The molecule has 0 N–H and O–H groups in total. The summed E-state index contributed by atoms with van der Waals surface area (Å²) in [6, 6.07) is 83.8. The molecule has 1 fully saturated rings. The van der Waals surface area contributed by atoms with Crippen molar-refractivity contribution >= 4 is 43.2 Å². The van der Waals surface area contributed by atoms with Crippen molar-refractivity contribution in [3.8, 4) is 0 Å². The zero-order valence-corrected chi connectivity index (χ0v) is 57.5. The van der Waals surface area contributed by atoms with E-state index >= 15 is 27.8 Å². The minimum absolute atomic E-state index is 0.0919. The van der Waals surface area contributed by atoms with Crippen LogP contribution in [0.1, 0.15) is 65.2 Å². The second kappa shape index (κ2) is 36.3. The van der Waals surface area contributed by atoms with Crippen LogP contribution in [0.25, 0.3) is 0 Å². The normalized spacial score (nSPS) is 17.2. The van der Waals surface area contributed by atoms with E-state index in [1.54, 1.807) is 279 Å². The third kappa shape index (κ3) is 21.8. The number of hydrogen-bond donors (Lipinski definition) is 0. The number of phosphoric acid groups is 4. The minimum Gasteiger partial charge on any atom is -0.452 e. The molecule has 6 atom stereocenters. The summed E-state index contributed by atoms with van der Waals surface area (Å²) in [5, 5.41) is 0. The lowest BCUT2D eigenvalue weighted by Gasteiger charge is -2.49. The highest BCUT2D eigenvalue weighted by Crippen LogP contribution is 2.63. The highest BCUT2D eigenvalue weighted by molar-refractivity contribution is 7.49. The molecule has 0 radical (unpaired) electrons. The molecular formula is C76H72O20P4. The lowest BCUT2D eigenvalue weighted by Crippen LogP contribution is -2.67. The first kappa shape index (κ1) is 72.8. The monoisotopic (exact) mass is 1430 g/mol. The first-order valence-corrected chi connectivity index (χ1v) is 37.7. The van der Waals surface area contributed by atoms with Crippen LogP contribution in [0.5, 0.6) is 0 Å². The molecule has 10 aromatic carbocycles. The van der Waals surface area contributed by atoms with E-state index in [0.717, 1.165) is 0 Å². The first-order chi connectivity index (χ1) is 48.8. The molecule has 516 valence electrons. The summed E-state index contributed by atoms with van der Waals surface area (Å²) in [5.74, 6) is -2.28. The van der Waals surface area contributed by atoms with Crippen molar-refractivity contribution < 1.29 is 91.6 Å². The predicted molar refractivity (Wildman–Crippen MR) is 371 cm³/mol. The summed E-state index contributed by atoms with van der Waals surface area (Å²) in [6.07, 6.45) is -14.4. The van der Waals surface area contributed by atoms with Gasteiger partial charge in [-0.05, 0) is 68.8 Å². The molecule has 0 aromatic heterocycles. The van der Waals surface area contributed by atoms with Crippen LogP contribution >= 0.6 is 31.3 Å². The molecule has 0 heterocycles. The molecular weight excluding hydrogens is 1360 g/mol. The molecule has 0 unspecified atom stereocenters. The summed E-state index contributed by atoms with van der Waals surface area (Å²) >= 11 is 0. The SMILES string of the molecule is O=C(O[C@H]1[C@H](OC(=O)c2ccccc2)[C@H](OP(=O)(OCc2ccccc2)OCc2ccccc2)[C@H](OP(=O)(OCc2ccccc2)OCc2ccccc2)[C@@H](OP(=O)(OCc2ccccc2)OCc2ccccc2)[C@@H]1OP(=O)(OCc1ccccc1)OCc1ccccc1)c1ccccc1. The van der Waals surface area contributed by atoms with Crippen LogP contribution in [0.15, 0.2) is 303 Å². The van der Waals surface area contributed by atoms with Crippen molar-refractivity contribution in [1.82, 2.24) is 0 Å². The van der Waals surface area contributed by atoms with Gasteiger partial charge in [-0.15, -0.1) is 0 Å². The number of phosphoric ester groups is 4. The van der Waals surface area contributed by atoms with Gasteiger partial charge in [-0.2, -0.15) is 0 Å². The summed E-state index contributed by atoms with van der Waals surface area (Å²) in [4.78, 5) is 30.7. The first-order valence-electron chi connectivity index (χ1n) is 31.9. The van der Waals surface area contributed by atoms with E-state index in [1.807, 2.05) is 0 Å². The van der Waals surface area contributed by atoms with Crippen molar-refractivity contribution in [2.45, 2.75) is 89.5 Å². The van der Waals surface area contributed by atoms with E-state index in [4.69, 9.17) is 63.8 Å². The Morgan fingerprint density at radius 3 is 0.510 bits per heavy atom. The molecule has 0 spiro atoms. The Kier molecular flexibility index (Phi) is 26.4. The maximum atomic E-state index is 16.6. The summed E-state index contributed by atoms with van der Waals surface area (Å²) in [5.41, 5.74) is 3.60. The third-order valence-electron chi connectivity index (χ3n) is 15.3. The summed E-state index contributed by atoms with van der Waals surface area (Å²) in [6.45, 7) is -3.77. The van der Waals surface area contributed by atoms with E-state index in [-0.39, 0.29) is 11.1 Å². The quantitative estimate of drug-likeness (QED) is 0.0262. The molecule has 10 aromatic rings. The van der Waals surface area contributed by atoms with E-state index in [0.29, 0.717) is 44.5 Å². The zero-order chi connectivity index (χ0) is 69.3. The van der Waals surface area contributed by atoms with Gasteiger partial charge in [0.2, 0.25) is 0 Å². The Bertz CT molecular complexity index is 3850. The Labute approximate surface area is 580 Å². The molecule has 1 aliphatic rings. The number of carbonyl (C=O) groups excluding carboxylic acids is 2. The van der Waals surface area contributed by atoms with E-state index in [1.165, 1.54) is 24.3 Å². The van der Waals surface area contributed by atoms with Gasteiger partial charge in [-0.3, -0.25) is 54.3 Å². The van der Waals surface area contributed by atoms with Gasteiger partial charge in [0, 0.05) is 0 Å². The molecule has 0 bridgehead atoms. The number of esters is 2. The van der Waals surface area contributed by atoms with Crippen LogP contribution in [0.2, 0.25) is 0 Å². The fourth-order valence-corrected chi connectivity index (χ4v) is 15.6. The molecule has 11 rings (SSSR count). The van der Waals surface area contributed by atoms with Gasteiger partial charge >= 0.3 is 43.2 Å². The van der Waals surface area contributed by atoms with Gasteiger partial charge in [0.15, 0.2) is 12.2 Å². The Balaban J connectivity index is 1.18. The van der Waals surface area contributed by atoms with Crippen LogP contribution in [-0.2, 0) is 135 Å². The second-order valence-corrected chi connectivity index (χ2v) is 29.1. The van der Waals surface area contributed by atoms with Crippen molar-refractivity contribution in [3.63, 3.8) is 0 Å². The fraction of sp³-hybridized carbons (Fsp3) is 0.184. The molecule has 20 nitrogen and oxygen atoms in total. The number of hydrogen-bond acceptors (Lipinski definition) is 20. The van der Waals surface area contributed by atoms with Gasteiger partial charge in [-0.25, -0.2) is 27.8 Å². The smallest absolute Gasteiger partial charge is 0.452 e.